The average molecular weight is 464 g/mol. The second-order valence-corrected chi connectivity index (χ2v) is 8.39. The van der Waals surface area contributed by atoms with Crippen molar-refractivity contribution in [2.24, 2.45) is 0 Å². The Morgan fingerprint density at radius 3 is 2.73 bits per heavy atom. The Morgan fingerprint density at radius 1 is 1.12 bits per heavy atom. The molecule has 0 aliphatic carbocycles. The second kappa shape index (κ2) is 10.3. The molecule has 9 nitrogen and oxygen atoms in total. The van der Waals surface area contributed by atoms with Gasteiger partial charge in [0, 0.05) is 6.07 Å². The van der Waals surface area contributed by atoms with Gasteiger partial charge in [-0.3, -0.25) is 4.79 Å². The number of nitrogens with zero attached hydrogens (tertiary/aromatic N) is 6. The molecular weight excluding hydrogens is 438 g/mol. The minimum atomic E-state index is -0.163. The van der Waals surface area contributed by atoms with Gasteiger partial charge in [-0.2, -0.15) is 9.78 Å². The maximum Gasteiger partial charge on any atom is 0.235 e. The zero-order valence-corrected chi connectivity index (χ0v) is 19.5. The first-order valence-corrected chi connectivity index (χ1v) is 11.5. The number of hydrogen-bond donors (Lipinski definition) is 1. The number of carbonyl (C=O) groups is 1. The summed E-state index contributed by atoms with van der Waals surface area (Å²) in [5.74, 6) is 1.46. The minimum absolute atomic E-state index is 0.163. The molecule has 0 aliphatic heterocycles. The Morgan fingerprint density at radius 2 is 1.94 bits per heavy atom. The molecule has 4 rings (SSSR count). The van der Waals surface area contributed by atoms with Gasteiger partial charge in [-0.25, -0.2) is 4.68 Å². The van der Waals surface area contributed by atoms with Crippen LogP contribution in [0.5, 0.6) is 5.75 Å². The SMILES string of the molecule is CCOc1ccc(Cn2nccc2NC(=O)CSc2nnnn2-c2cc(C)ccc2C)cc1. The molecule has 2 aromatic carbocycles. The molecule has 2 aromatic heterocycles. The fourth-order valence-corrected chi connectivity index (χ4v) is 3.96. The second-order valence-electron chi connectivity index (χ2n) is 7.45. The van der Waals surface area contributed by atoms with Crippen molar-refractivity contribution in [3.05, 3.63) is 71.4 Å². The van der Waals surface area contributed by atoms with Crippen LogP contribution in [0, 0.1) is 13.8 Å². The van der Waals surface area contributed by atoms with E-state index in [4.69, 9.17) is 4.74 Å². The van der Waals surface area contributed by atoms with E-state index in [1.54, 1.807) is 21.6 Å². The van der Waals surface area contributed by atoms with Crippen LogP contribution in [0.25, 0.3) is 5.69 Å². The lowest BCUT2D eigenvalue weighted by atomic mass is 10.1. The Hall–Kier alpha value is -3.66. The summed E-state index contributed by atoms with van der Waals surface area (Å²) in [5, 5.41) is 19.8. The molecule has 0 saturated carbocycles. The number of tetrazole rings is 1. The van der Waals surface area contributed by atoms with Crippen LogP contribution >= 0.6 is 11.8 Å². The smallest absolute Gasteiger partial charge is 0.235 e. The number of hydrogen-bond acceptors (Lipinski definition) is 7. The van der Waals surface area contributed by atoms with Crippen molar-refractivity contribution in [3.8, 4) is 11.4 Å². The molecule has 10 heteroatoms. The topological polar surface area (TPSA) is 99.8 Å². The molecule has 170 valence electrons. The molecule has 4 aromatic rings. The van der Waals surface area contributed by atoms with Gasteiger partial charge < -0.3 is 10.1 Å². The molecule has 0 radical (unpaired) electrons. The van der Waals surface area contributed by atoms with Crippen molar-refractivity contribution < 1.29 is 9.53 Å². The molecule has 0 bridgehead atoms. The quantitative estimate of drug-likeness (QED) is 0.378. The number of ether oxygens (including phenoxy) is 1. The van der Waals surface area contributed by atoms with Crippen molar-refractivity contribution in [3.63, 3.8) is 0 Å². The lowest BCUT2D eigenvalue weighted by molar-refractivity contribution is -0.113. The fraction of sp³-hybridized carbons (Fsp3) is 0.261. The predicted octanol–water partition coefficient (Wildman–Crippen LogP) is 3.65. The Balaban J connectivity index is 1.38. The molecule has 0 unspecified atom stereocenters. The van der Waals surface area contributed by atoms with E-state index in [2.05, 4.69) is 25.9 Å². The summed E-state index contributed by atoms with van der Waals surface area (Å²) >= 11 is 1.28. The van der Waals surface area contributed by atoms with Crippen LogP contribution < -0.4 is 10.1 Å². The van der Waals surface area contributed by atoms with E-state index in [0.29, 0.717) is 24.1 Å². The lowest BCUT2D eigenvalue weighted by Gasteiger charge is -2.10. The number of rotatable bonds is 9. The largest absolute Gasteiger partial charge is 0.494 e. The maximum atomic E-state index is 12.6. The van der Waals surface area contributed by atoms with Crippen molar-refractivity contribution in [1.29, 1.82) is 0 Å². The summed E-state index contributed by atoms with van der Waals surface area (Å²) in [4.78, 5) is 12.6. The van der Waals surface area contributed by atoms with E-state index >= 15 is 0 Å². The van der Waals surface area contributed by atoms with Gasteiger partial charge in [0.15, 0.2) is 0 Å². The number of thioether (sulfide) groups is 1. The van der Waals surface area contributed by atoms with Crippen LogP contribution in [0.15, 0.2) is 59.9 Å². The monoisotopic (exact) mass is 463 g/mol. The Labute approximate surface area is 196 Å². The van der Waals surface area contributed by atoms with Crippen molar-refractivity contribution in [2.45, 2.75) is 32.5 Å². The lowest BCUT2D eigenvalue weighted by Crippen LogP contribution is -2.18. The van der Waals surface area contributed by atoms with E-state index in [1.165, 1.54) is 11.8 Å². The molecule has 0 spiro atoms. The van der Waals surface area contributed by atoms with Crippen LogP contribution in [-0.2, 0) is 11.3 Å². The van der Waals surface area contributed by atoms with E-state index in [9.17, 15) is 4.79 Å². The molecule has 0 saturated heterocycles. The van der Waals surface area contributed by atoms with Crippen LogP contribution in [0.3, 0.4) is 0 Å². The van der Waals surface area contributed by atoms with Crippen molar-refractivity contribution in [1.82, 2.24) is 30.0 Å². The zero-order valence-electron chi connectivity index (χ0n) is 18.7. The third-order valence-electron chi connectivity index (χ3n) is 4.92. The first kappa shape index (κ1) is 22.5. The highest BCUT2D eigenvalue weighted by molar-refractivity contribution is 7.99. The highest BCUT2D eigenvalue weighted by atomic mass is 32.2. The van der Waals surface area contributed by atoms with Gasteiger partial charge in [0.1, 0.15) is 11.6 Å². The first-order chi connectivity index (χ1) is 16.0. The summed E-state index contributed by atoms with van der Waals surface area (Å²) in [5.41, 5.74) is 4.12. The van der Waals surface area contributed by atoms with Gasteiger partial charge in [-0.1, -0.05) is 36.0 Å². The van der Waals surface area contributed by atoms with Gasteiger partial charge in [0.2, 0.25) is 11.1 Å². The minimum Gasteiger partial charge on any atom is -0.494 e. The molecule has 0 atom stereocenters. The number of benzene rings is 2. The normalized spacial score (nSPS) is 10.9. The molecule has 1 amide bonds. The average Bonchev–Trinajstić information content (AvgIpc) is 3.45. The number of amides is 1. The van der Waals surface area contributed by atoms with E-state index in [1.807, 2.05) is 63.2 Å². The standard InChI is InChI=1S/C23H25N7O2S/c1-4-32-19-9-7-18(8-10-19)14-29-21(11-12-24-29)25-22(31)15-33-23-26-27-28-30(23)20-13-16(2)5-6-17(20)3/h5-13H,4,14-15H2,1-3H3,(H,25,31). The molecule has 33 heavy (non-hydrogen) atoms. The predicted molar refractivity (Wildman–Crippen MR) is 127 cm³/mol. The third-order valence-corrected chi connectivity index (χ3v) is 5.84. The third kappa shape index (κ3) is 5.58. The zero-order chi connectivity index (χ0) is 23.2. The van der Waals surface area contributed by atoms with Gasteiger partial charge in [-0.15, -0.1) is 5.10 Å². The van der Waals surface area contributed by atoms with E-state index < -0.39 is 0 Å². The first-order valence-electron chi connectivity index (χ1n) is 10.6. The van der Waals surface area contributed by atoms with Crippen molar-refractivity contribution >= 4 is 23.5 Å². The van der Waals surface area contributed by atoms with E-state index in [0.717, 1.165) is 28.1 Å². The number of aryl methyl sites for hydroxylation is 2. The molecule has 2 heterocycles. The molecule has 0 fully saturated rings. The number of aromatic nitrogens is 6. The highest BCUT2D eigenvalue weighted by Gasteiger charge is 2.14. The summed E-state index contributed by atoms with van der Waals surface area (Å²) in [6.45, 7) is 7.14. The van der Waals surface area contributed by atoms with Gasteiger partial charge in [-0.05, 0) is 66.1 Å². The molecular formula is C23H25N7O2S. The van der Waals surface area contributed by atoms with Crippen LogP contribution in [0.4, 0.5) is 5.82 Å². The molecule has 0 aliphatic rings. The van der Waals surface area contributed by atoms with Gasteiger partial charge in [0.25, 0.3) is 0 Å². The summed E-state index contributed by atoms with van der Waals surface area (Å²) < 4.78 is 8.89. The summed E-state index contributed by atoms with van der Waals surface area (Å²) in [6, 6.07) is 15.7. The number of carbonyl (C=O) groups excluding carboxylic acids is 1. The van der Waals surface area contributed by atoms with Crippen LogP contribution in [0.2, 0.25) is 0 Å². The van der Waals surface area contributed by atoms with E-state index in [-0.39, 0.29) is 11.7 Å². The summed E-state index contributed by atoms with van der Waals surface area (Å²) in [7, 11) is 0. The number of anilines is 1. The number of nitrogens with one attached hydrogen (secondary N) is 1. The van der Waals surface area contributed by atoms with Gasteiger partial charge >= 0.3 is 0 Å². The van der Waals surface area contributed by atoms with Crippen LogP contribution in [-0.4, -0.2) is 48.3 Å². The van der Waals surface area contributed by atoms with Crippen molar-refractivity contribution in [2.75, 3.05) is 17.7 Å². The summed E-state index contributed by atoms with van der Waals surface area (Å²) in [6.07, 6.45) is 1.67. The highest BCUT2D eigenvalue weighted by Crippen LogP contribution is 2.22. The van der Waals surface area contributed by atoms with Crippen LogP contribution in [0.1, 0.15) is 23.6 Å². The Bertz CT molecular complexity index is 1230. The van der Waals surface area contributed by atoms with Gasteiger partial charge in [0.05, 0.1) is 30.8 Å². The Kier molecular flexibility index (Phi) is 7.04. The maximum absolute atomic E-state index is 12.6. The molecule has 1 N–H and O–H groups in total. The fourth-order valence-electron chi connectivity index (χ4n) is 3.27.